The summed E-state index contributed by atoms with van der Waals surface area (Å²) in [4.78, 5) is 21.1. The average molecular weight is 409 g/mol. The van der Waals surface area contributed by atoms with Gasteiger partial charge in [0.15, 0.2) is 3.92 Å². The molecule has 24 heavy (non-hydrogen) atoms. The van der Waals surface area contributed by atoms with Gasteiger partial charge in [0.25, 0.3) is 0 Å². The molecular weight excluding hydrogens is 388 g/mol. The predicted molar refractivity (Wildman–Crippen MR) is 101 cm³/mol. The van der Waals surface area contributed by atoms with Crippen LogP contribution in [0, 0.1) is 0 Å². The number of piperazine rings is 1. The number of amides is 1. The molecule has 1 aliphatic heterocycles. The number of nitrogens with one attached hydrogen (secondary N) is 1. The largest absolute Gasteiger partial charge is 0.380 e. The normalized spacial score (nSPS) is 15.5. The molecule has 2 heterocycles. The monoisotopic (exact) mass is 408 g/mol. The zero-order valence-electron chi connectivity index (χ0n) is 13.7. The van der Waals surface area contributed by atoms with E-state index in [4.69, 9.17) is 0 Å². The molecular formula is C17H21BrN4OS. The van der Waals surface area contributed by atoms with Crippen molar-refractivity contribution >= 4 is 38.9 Å². The third-order valence-electron chi connectivity index (χ3n) is 4.17. The summed E-state index contributed by atoms with van der Waals surface area (Å²) in [5.74, 6) is 0.179. The minimum Gasteiger partial charge on any atom is -0.380 e. The number of halogens is 1. The molecule has 1 saturated heterocycles. The van der Waals surface area contributed by atoms with Crippen LogP contribution in [0.1, 0.15) is 17.4 Å². The number of aromatic nitrogens is 1. The van der Waals surface area contributed by atoms with E-state index in [9.17, 15) is 4.79 Å². The Bertz CT molecular complexity index is 680. The van der Waals surface area contributed by atoms with Gasteiger partial charge < -0.3 is 10.2 Å². The molecule has 1 fully saturated rings. The molecule has 0 saturated carbocycles. The summed E-state index contributed by atoms with van der Waals surface area (Å²) in [5.41, 5.74) is 2.42. The van der Waals surface area contributed by atoms with Crippen molar-refractivity contribution in [3.8, 4) is 0 Å². The van der Waals surface area contributed by atoms with Gasteiger partial charge in [-0.2, -0.15) is 0 Å². The molecule has 0 unspecified atom stereocenters. The second-order valence-corrected chi connectivity index (χ2v) is 8.30. The second kappa shape index (κ2) is 8.09. The number of carbonyl (C=O) groups is 1. The van der Waals surface area contributed by atoms with Crippen molar-refractivity contribution < 1.29 is 4.79 Å². The third kappa shape index (κ3) is 4.78. The van der Waals surface area contributed by atoms with E-state index in [0.29, 0.717) is 0 Å². The van der Waals surface area contributed by atoms with Crippen molar-refractivity contribution in [3.05, 3.63) is 44.8 Å². The van der Waals surface area contributed by atoms with Crippen molar-refractivity contribution in [2.45, 2.75) is 20.0 Å². The van der Waals surface area contributed by atoms with E-state index in [1.807, 2.05) is 11.1 Å². The van der Waals surface area contributed by atoms with Crippen LogP contribution in [-0.4, -0.2) is 46.9 Å². The Morgan fingerprint density at radius 2 is 1.96 bits per heavy atom. The molecule has 0 aliphatic carbocycles. The van der Waals surface area contributed by atoms with Gasteiger partial charge in [-0.15, -0.1) is 11.3 Å². The topological polar surface area (TPSA) is 48.5 Å². The highest BCUT2D eigenvalue weighted by Gasteiger charge is 2.18. The van der Waals surface area contributed by atoms with Crippen LogP contribution >= 0.6 is 27.3 Å². The van der Waals surface area contributed by atoms with E-state index in [-0.39, 0.29) is 5.91 Å². The lowest BCUT2D eigenvalue weighted by Gasteiger charge is -2.34. The molecule has 1 aliphatic rings. The number of thiazole rings is 1. The van der Waals surface area contributed by atoms with Crippen LogP contribution in [-0.2, 0) is 17.9 Å². The van der Waals surface area contributed by atoms with Crippen LogP contribution < -0.4 is 5.32 Å². The molecule has 3 rings (SSSR count). The van der Waals surface area contributed by atoms with E-state index < -0.39 is 0 Å². The highest BCUT2D eigenvalue weighted by atomic mass is 79.9. The summed E-state index contributed by atoms with van der Waals surface area (Å²) in [6, 6.07) is 8.58. The quantitative estimate of drug-likeness (QED) is 0.824. The molecule has 1 amide bonds. The fraction of sp³-hybridized carbons (Fsp3) is 0.412. The molecule has 0 atom stereocenters. The highest BCUT2D eigenvalue weighted by molar-refractivity contribution is 9.11. The lowest BCUT2D eigenvalue weighted by molar-refractivity contribution is -0.130. The first-order chi connectivity index (χ1) is 11.6. The van der Waals surface area contributed by atoms with Crippen molar-refractivity contribution in [3.63, 3.8) is 0 Å². The Labute approximate surface area is 154 Å². The van der Waals surface area contributed by atoms with Gasteiger partial charge in [-0.25, -0.2) is 4.98 Å². The van der Waals surface area contributed by atoms with E-state index in [1.54, 1.807) is 18.3 Å². The lowest BCUT2D eigenvalue weighted by atomic mass is 10.1. The maximum Gasteiger partial charge on any atom is 0.219 e. The average Bonchev–Trinajstić information content (AvgIpc) is 3.00. The molecule has 0 bridgehead atoms. The summed E-state index contributed by atoms with van der Waals surface area (Å²) >= 11 is 5.02. The number of benzene rings is 1. The minimum absolute atomic E-state index is 0.179. The number of carbonyl (C=O) groups excluding carboxylic acids is 1. The van der Waals surface area contributed by atoms with Crippen LogP contribution in [0.15, 0.2) is 34.4 Å². The number of nitrogens with zero attached hydrogens (tertiary/aromatic N) is 3. The van der Waals surface area contributed by atoms with E-state index in [0.717, 1.165) is 48.9 Å². The van der Waals surface area contributed by atoms with Crippen LogP contribution in [0.3, 0.4) is 0 Å². The van der Waals surface area contributed by atoms with Gasteiger partial charge in [0.05, 0.1) is 6.54 Å². The first-order valence-electron chi connectivity index (χ1n) is 8.01. The summed E-state index contributed by atoms with van der Waals surface area (Å²) in [7, 11) is 0. The van der Waals surface area contributed by atoms with Crippen molar-refractivity contribution in [1.82, 2.24) is 14.8 Å². The number of anilines is 1. The molecule has 128 valence electrons. The first-order valence-corrected chi connectivity index (χ1v) is 9.62. The predicted octanol–water partition coefficient (Wildman–Crippen LogP) is 3.18. The van der Waals surface area contributed by atoms with Gasteiger partial charge in [0.1, 0.15) is 0 Å². The Hall–Kier alpha value is -1.44. The molecule has 1 aromatic heterocycles. The standard InChI is InChI=1S/C17H21BrN4OS/c1-13(23)22-8-6-21(7-9-22)12-14-2-4-15(5-3-14)19-10-16-11-20-17(18)24-16/h2-5,11,19H,6-10,12H2,1H3. The summed E-state index contributed by atoms with van der Waals surface area (Å²) in [5, 5.41) is 3.42. The number of hydrogen-bond donors (Lipinski definition) is 1. The maximum atomic E-state index is 11.4. The van der Waals surface area contributed by atoms with E-state index in [2.05, 4.69) is 55.4 Å². The van der Waals surface area contributed by atoms with Gasteiger partial charge in [0.2, 0.25) is 5.91 Å². The zero-order chi connectivity index (χ0) is 16.9. The Morgan fingerprint density at radius 3 is 2.54 bits per heavy atom. The third-order valence-corrected chi connectivity index (χ3v) is 5.65. The van der Waals surface area contributed by atoms with Crippen LogP contribution in [0.4, 0.5) is 5.69 Å². The first kappa shape index (κ1) is 17.4. The number of rotatable bonds is 5. The second-order valence-electron chi connectivity index (χ2n) is 5.91. The number of hydrogen-bond acceptors (Lipinski definition) is 5. The molecule has 5 nitrogen and oxygen atoms in total. The van der Waals surface area contributed by atoms with Crippen molar-refractivity contribution in [2.24, 2.45) is 0 Å². The Kier molecular flexibility index (Phi) is 5.86. The molecule has 0 radical (unpaired) electrons. The smallest absolute Gasteiger partial charge is 0.219 e. The van der Waals surface area contributed by atoms with E-state index in [1.165, 1.54) is 10.4 Å². The fourth-order valence-corrected chi connectivity index (χ4v) is 4.06. The van der Waals surface area contributed by atoms with Crippen LogP contribution in [0.5, 0.6) is 0 Å². The highest BCUT2D eigenvalue weighted by Crippen LogP contribution is 2.20. The summed E-state index contributed by atoms with van der Waals surface area (Å²) in [6.07, 6.45) is 1.89. The fourth-order valence-electron chi connectivity index (χ4n) is 2.76. The van der Waals surface area contributed by atoms with Crippen molar-refractivity contribution in [2.75, 3.05) is 31.5 Å². The van der Waals surface area contributed by atoms with Gasteiger partial charge in [0, 0.05) is 56.4 Å². The molecule has 2 aromatic rings. The molecule has 0 spiro atoms. The molecule has 1 N–H and O–H groups in total. The van der Waals surface area contributed by atoms with Gasteiger partial charge >= 0.3 is 0 Å². The lowest BCUT2D eigenvalue weighted by Crippen LogP contribution is -2.47. The Balaban J connectivity index is 1.47. The van der Waals surface area contributed by atoms with Gasteiger partial charge in [-0.1, -0.05) is 12.1 Å². The van der Waals surface area contributed by atoms with Gasteiger partial charge in [-0.05, 0) is 33.6 Å². The molecule has 7 heteroatoms. The summed E-state index contributed by atoms with van der Waals surface area (Å²) in [6.45, 7) is 6.92. The van der Waals surface area contributed by atoms with Gasteiger partial charge in [-0.3, -0.25) is 9.69 Å². The van der Waals surface area contributed by atoms with E-state index >= 15 is 0 Å². The van der Waals surface area contributed by atoms with Crippen LogP contribution in [0.2, 0.25) is 0 Å². The van der Waals surface area contributed by atoms with Crippen molar-refractivity contribution in [1.29, 1.82) is 0 Å². The SMILES string of the molecule is CC(=O)N1CCN(Cc2ccc(NCc3cnc(Br)s3)cc2)CC1. The summed E-state index contributed by atoms with van der Waals surface area (Å²) < 4.78 is 0.916. The molecule has 1 aromatic carbocycles. The Morgan fingerprint density at radius 1 is 1.25 bits per heavy atom. The van der Waals surface area contributed by atoms with Crippen LogP contribution in [0.25, 0.3) is 0 Å². The maximum absolute atomic E-state index is 11.4. The minimum atomic E-state index is 0.179. The zero-order valence-corrected chi connectivity index (χ0v) is 16.1.